The number of ether oxygens (including phenoxy) is 1. The summed E-state index contributed by atoms with van der Waals surface area (Å²) in [7, 11) is 0. The Hall–Kier alpha value is -3.01. The molecule has 24 heavy (non-hydrogen) atoms. The molecule has 0 aliphatic heterocycles. The molecule has 1 aliphatic rings. The van der Waals surface area contributed by atoms with Crippen LogP contribution in [0.3, 0.4) is 0 Å². The SMILES string of the molecule is CC1=CC(NNC(=O)c2ccc(COc3ccccc3)cc2)=CC1. The topological polar surface area (TPSA) is 50.4 Å². The van der Waals surface area contributed by atoms with Crippen LogP contribution in [0.15, 0.2) is 78.0 Å². The monoisotopic (exact) mass is 320 g/mol. The summed E-state index contributed by atoms with van der Waals surface area (Å²) in [4.78, 5) is 12.1. The fourth-order valence-electron chi connectivity index (χ4n) is 2.38. The minimum Gasteiger partial charge on any atom is -0.489 e. The van der Waals surface area contributed by atoms with Gasteiger partial charge < -0.3 is 4.74 Å². The second-order valence-corrected chi connectivity index (χ2v) is 5.73. The van der Waals surface area contributed by atoms with E-state index in [1.165, 1.54) is 5.57 Å². The van der Waals surface area contributed by atoms with Crippen molar-refractivity contribution in [3.8, 4) is 5.75 Å². The van der Waals surface area contributed by atoms with E-state index < -0.39 is 0 Å². The summed E-state index contributed by atoms with van der Waals surface area (Å²) in [5, 5.41) is 0. The molecule has 0 saturated heterocycles. The zero-order chi connectivity index (χ0) is 16.8. The van der Waals surface area contributed by atoms with Gasteiger partial charge in [-0.2, -0.15) is 0 Å². The summed E-state index contributed by atoms with van der Waals surface area (Å²) in [6.45, 7) is 2.53. The van der Waals surface area contributed by atoms with Crippen LogP contribution in [0.4, 0.5) is 0 Å². The summed E-state index contributed by atoms with van der Waals surface area (Å²) in [6, 6.07) is 17.1. The molecule has 4 nitrogen and oxygen atoms in total. The van der Waals surface area contributed by atoms with Crippen molar-refractivity contribution in [3.63, 3.8) is 0 Å². The largest absolute Gasteiger partial charge is 0.489 e. The molecule has 0 bridgehead atoms. The van der Waals surface area contributed by atoms with Gasteiger partial charge in [0, 0.05) is 5.56 Å². The third-order valence-corrected chi connectivity index (χ3v) is 3.73. The molecule has 2 N–H and O–H groups in total. The van der Waals surface area contributed by atoms with E-state index in [0.717, 1.165) is 23.4 Å². The molecule has 2 aromatic carbocycles. The van der Waals surface area contributed by atoms with E-state index in [9.17, 15) is 4.79 Å². The van der Waals surface area contributed by atoms with Crippen molar-refractivity contribution in [2.24, 2.45) is 0 Å². The van der Waals surface area contributed by atoms with Crippen LogP contribution >= 0.6 is 0 Å². The summed E-state index contributed by atoms with van der Waals surface area (Å²) in [6.07, 6.45) is 4.98. The highest BCUT2D eigenvalue weighted by atomic mass is 16.5. The Labute approximate surface area is 141 Å². The molecule has 4 heteroatoms. The van der Waals surface area contributed by atoms with Crippen LogP contribution in [0.1, 0.15) is 29.3 Å². The third kappa shape index (κ3) is 4.26. The molecule has 0 radical (unpaired) electrons. The maximum absolute atomic E-state index is 12.1. The zero-order valence-electron chi connectivity index (χ0n) is 13.6. The van der Waals surface area contributed by atoms with Gasteiger partial charge in [0.2, 0.25) is 0 Å². The molecule has 2 aromatic rings. The van der Waals surface area contributed by atoms with Gasteiger partial charge in [-0.25, -0.2) is 0 Å². The molecule has 0 fully saturated rings. The van der Waals surface area contributed by atoms with Crippen molar-refractivity contribution < 1.29 is 9.53 Å². The van der Waals surface area contributed by atoms with Crippen molar-refractivity contribution in [3.05, 3.63) is 89.1 Å². The molecule has 0 heterocycles. The molecular formula is C20H20N2O2. The molecule has 0 spiro atoms. The molecule has 0 aromatic heterocycles. The summed E-state index contributed by atoms with van der Waals surface area (Å²) in [5.74, 6) is 0.668. The Balaban J connectivity index is 1.51. The van der Waals surface area contributed by atoms with Crippen molar-refractivity contribution >= 4 is 5.91 Å². The van der Waals surface area contributed by atoms with Gasteiger partial charge in [0.15, 0.2) is 0 Å². The minimum absolute atomic E-state index is 0.163. The van der Waals surface area contributed by atoms with Crippen LogP contribution in [0.25, 0.3) is 0 Å². The lowest BCUT2D eigenvalue weighted by Crippen LogP contribution is -2.36. The van der Waals surface area contributed by atoms with Crippen molar-refractivity contribution in [2.75, 3.05) is 0 Å². The molecule has 3 rings (SSSR count). The van der Waals surface area contributed by atoms with E-state index in [1.807, 2.05) is 54.6 Å². The highest BCUT2D eigenvalue weighted by Gasteiger charge is 2.07. The second-order valence-electron chi connectivity index (χ2n) is 5.73. The number of nitrogens with one attached hydrogen (secondary N) is 2. The van der Waals surface area contributed by atoms with Crippen molar-refractivity contribution in [2.45, 2.75) is 20.0 Å². The molecule has 0 unspecified atom stereocenters. The van der Waals surface area contributed by atoms with E-state index in [4.69, 9.17) is 4.74 Å². The highest BCUT2D eigenvalue weighted by molar-refractivity contribution is 5.93. The van der Waals surface area contributed by atoms with E-state index in [0.29, 0.717) is 12.2 Å². The Morgan fingerprint density at radius 2 is 1.83 bits per heavy atom. The predicted molar refractivity (Wildman–Crippen MR) is 94.3 cm³/mol. The molecule has 0 atom stereocenters. The van der Waals surface area contributed by atoms with Crippen LogP contribution in [-0.2, 0) is 6.61 Å². The van der Waals surface area contributed by atoms with E-state index >= 15 is 0 Å². The summed E-state index contributed by atoms with van der Waals surface area (Å²) >= 11 is 0. The number of benzene rings is 2. The first kappa shape index (κ1) is 15.9. The number of allylic oxidation sites excluding steroid dienone is 3. The lowest BCUT2D eigenvalue weighted by molar-refractivity contribution is 0.0939. The van der Waals surface area contributed by atoms with Crippen LogP contribution in [0.5, 0.6) is 5.75 Å². The van der Waals surface area contributed by atoms with Crippen LogP contribution in [-0.4, -0.2) is 5.91 Å². The van der Waals surface area contributed by atoms with Gasteiger partial charge in [0.1, 0.15) is 12.4 Å². The molecular weight excluding hydrogens is 300 g/mol. The summed E-state index contributed by atoms with van der Waals surface area (Å²) in [5.41, 5.74) is 9.45. The predicted octanol–water partition coefficient (Wildman–Crippen LogP) is 3.73. The van der Waals surface area contributed by atoms with E-state index in [2.05, 4.69) is 17.8 Å². The highest BCUT2D eigenvalue weighted by Crippen LogP contribution is 2.14. The van der Waals surface area contributed by atoms with Gasteiger partial charge in [-0.1, -0.05) is 42.0 Å². The number of rotatable bonds is 6. The minimum atomic E-state index is -0.163. The number of hydrogen-bond donors (Lipinski definition) is 2. The number of hydrogen-bond acceptors (Lipinski definition) is 3. The summed E-state index contributed by atoms with van der Waals surface area (Å²) < 4.78 is 5.69. The van der Waals surface area contributed by atoms with Gasteiger partial charge >= 0.3 is 0 Å². The fourth-order valence-corrected chi connectivity index (χ4v) is 2.38. The Morgan fingerprint density at radius 1 is 1.08 bits per heavy atom. The quantitative estimate of drug-likeness (QED) is 0.797. The number of carbonyl (C=O) groups is 1. The maximum atomic E-state index is 12.1. The van der Waals surface area contributed by atoms with E-state index in [-0.39, 0.29) is 5.91 Å². The van der Waals surface area contributed by atoms with Crippen LogP contribution < -0.4 is 15.6 Å². The van der Waals surface area contributed by atoms with E-state index in [1.54, 1.807) is 12.1 Å². The Kier molecular flexibility index (Phi) is 4.96. The molecule has 1 amide bonds. The van der Waals surface area contributed by atoms with Gasteiger partial charge in [-0.15, -0.1) is 0 Å². The number of para-hydroxylation sites is 1. The van der Waals surface area contributed by atoms with Gasteiger partial charge in [0.05, 0.1) is 5.70 Å². The smallest absolute Gasteiger partial charge is 0.269 e. The van der Waals surface area contributed by atoms with Crippen LogP contribution in [0, 0.1) is 0 Å². The lowest BCUT2D eigenvalue weighted by atomic mass is 10.1. The molecule has 1 aliphatic carbocycles. The molecule has 0 saturated carbocycles. The van der Waals surface area contributed by atoms with Gasteiger partial charge in [0.25, 0.3) is 5.91 Å². The Morgan fingerprint density at radius 3 is 2.50 bits per heavy atom. The first-order chi connectivity index (χ1) is 11.7. The normalized spacial score (nSPS) is 13.0. The lowest BCUT2D eigenvalue weighted by Gasteiger charge is -2.09. The standard InChI is InChI=1S/C20H20N2O2/c1-15-7-12-18(13-15)21-22-20(23)17-10-8-16(9-11-17)14-24-19-5-3-2-4-6-19/h2-6,8-13,21H,7,14H2,1H3,(H,22,23). The van der Waals surface area contributed by atoms with Crippen molar-refractivity contribution in [1.82, 2.24) is 10.9 Å². The average molecular weight is 320 g/mol. The third-order valence-electron chi connectivity index (χ3n) is 3.73. The van der Waals surface area contributed by atoms with Gasteiger partial charge in [-0.05, 0) is 49.2 Å². The first-order valence-electron chi connectivity index (χ1n) is 7.91. The average Bonchev–Trinajstić information content (AvgIpc) is 3.04. The molecule has 122 valence electrons. The zero-order valence-corrected chi connectivity index (χ0v) is 13.6. The fraction of sp³-hybridized carbons (Fsp3) is 0.150. The van der Waals surface area contributed by atoms with Crippen LogP contribution in [0.2, 0.25) is 0 Å². The Bertz CT molecular complexity index is 762. The second kappa shape index (κ2) is 7.51. The first-order valence-corrected chi connectivity index (χ1v) is 7.91. The van der Waals surface area contributed by atoms with Crippen molar-refractivity contribution in [1.29, 1.82) is 0 Å². The maximum Gasteiger partial charge on any atom is 0.269 e. The van der Waals surface area contributed by atoms with Gasteiger partial charge in [-0.3, -0.25) is 15.6 Å². The number of carbonyl (C=O) groups excluding carboxylic acids is 1. The number of amides is 1. The number of hydrazine groups is 1.